The summed E-state index contributed by atoms with van der Waals surface area (Å²) in [4.78, 5) is 38.3. The van der Waals surface area contributed by atoms with Crippen LogP contribution < -0.4 is 0 Å². The molecule has 0 radical (unpaired) electrons. The van der Waals surface area contributed by atoms with Gasteiger partial charge in [0.15, 0.2) is 18.2 Å². The Hall–Kier alpha value is -2.15. The van der Waals surface area contributed by atoms with Crippen LogP contribution in [-0.4, -0.2) is 93.8 Å². The fraction of sp³-hybridized carbons (Fsp3) is 0.731. The van der Waals surface area contributed by atoms with Gasteiger partial charge in [-0.2, -0.15) is 0 Å². The summed E-state index contributed by atoms with van der Waals surface area (Å²) in [5, 5.41) is 40.4. The van der Waals surface area contributed by atoms with E-state index in [0.717, 1.165) is 5.57 Å². The second kappa shape index (κ2) is 14.1. The number of hydrogen-bond acceptors (Lipinski definition) is 11. The fourth-order valence-corrected chi connectivity index (χ4v) is 4.10. The van der Waals surface area contributed by atoms with Crippen molar-refractivity contribution in [1.82, 2.24) is 0 Å². The fourth-order valence-electron chi connectivity index (χ4n) is 4.10. The van der Waals surface area contributed by atoms with Crippen molar-refractivity contribution >= 4 is 17.7 Å². The van der Waals surface area contributed by atoms with Gasteiger partial charge in [0, 0.05) is 19.3 Å². The van der Waals surface area contributed by atoms with Gasteiger partial charge in [0.25, 0.3) is 0 Å². The van der Waals surface area contributed by atoms with Crippen LogP contribution in [0.5, 0.6) is 0 Å². The van der Waals surface area contributed by atoms with Crippen molar-refractivity contribution < 1.29 is 53.8 Å². The third kappa shape index (κ3) is 8.69. The zero-order valence-electron chi connectivity index (χ0n) is 22.0. The highest BCUT2D eigenvalue weighted by Gasteiger charge is 2.46. The molecular weight excluding hydrogens is 488 g/mol. The van der Waals surface area contributed by atoms with Crippen LogP contribution in [0.25, 0.3) is 0 Å². The summed E-state index contributed by atoms with van der Waals surface area (Å²) in [6.45, 7) is 8.24. The summed E-state index contributed by atoms with van der Waals surface area (Å²) in [5.74, 6) is -2.11. The van der Waals surface area contributed by atoms with Crippen LogP contribution in [0.4, 0.5) is 0 Å². The molecule has 0 bridgehead atoms. The molecule has 0 aromatic rings. The van der Waals surface area contributed by atoms with Crippen LogP contribution in [0.3, 0.4) is 0 Å². The van der Waals surface area contributed by atoms with Crippen molar-refractivity contribution in [3.05, 3.63) is 23.3 Å². The van der Waals surface area contributed by atoms with E-state index in [-0.39, 0.29) is 18.8 Å². The smallest absolute Gasteiger partial charge is 0.309 e. The molecule has 0 aromatic heterocycles. The summed E-state index contributed by atoms with van der Waals surface area (Å²) in [6.07, 6.45) is -7.66. The maximum absolute atomic E-state index is 13.3. The first-order valence-electron chi connectivity index (χ1n) is 12.5. The van der Waals surface area contributed by atoms with Crippen molar-refractivity contribution in [1.29, 1.82) is 0 Å². The zero-order chi connectivity index (χ0) is 27.9. The number of aliphatic hydroxyl groups excluding tert-OH is 4. The molecule has 210 valence electrons. The molecule has 0 amide bonds. The lowest BCUT2D eigenvalue weighted by molar-refractivity contribution is -0.209. The van der Waals surface area contributed by atoms with Gasteiger partial charge >= 0.3 is 11.9 Å². The molecule has 8 atom stereocenters. The number of hydrogen-bond donors (Lipinski definition) is 4. The van der Waals surface area contributed by atoms with Crippen LogP contribution in [0.2, 0.25) is 0 Å². The summed E-state index contributed by atoms with van der Waals surface area (Å²) < 4.78 is 22.5. The lowest BCUT2D eigenvalue weighted by atomic mass is 9.95. The van der Waals surface area contributed by atoms with E-state index in [2.05, 4.69) is 0 Å². The van der Waals surface area contributed by atoms with Crippen LogP contribution in [0.1, 0.15) is 60.3 Å². The van der Waals surface area contributed by atoms with Gasteiger partial charge in [-0.15, -0.1) is 0 Å². The number of allylic oxidation sites excluding steroid dienone is 1. The van der Waals surface area contributed by atoms with E-state index in [1.807, 2.05) is 0 Å². The maximum atomic E-state index is 13.3. The van der Waals surface area contributed by atoms with Gasteiger partial charge < -0.3 is 39.4 Å². The number of cyclic esters (lactones) is 1. The molecule has 0 unspecified atom stereocenters. The predicted molar refractivity (Wildman–Crippen MR) is 130 cm³/mol. The first kappa shape index (κ1) is 31.1. The van der Waals surface area contributed by atoms with Crippen LogP contribution in [-0.2, 0) is 33.3 Å². The number of rotatable bonds is 7. The maximum Gasteiger partial charge on any atom is 0.309 e. The molecule has 11 nitrogen and oxygen atoms in total. The first-order valence-corrected chi connectivity index (χ1v) is 12.5. The third-order valence-electron chi connectivity index (χ3n) is 6.38. The Kier molecular flexibility index (Phi) is 11.9. The second-order valence-corrected chi connectivity index (χ2v) is 10.00. The number of esters is 2. The molecule has 2 aliphatic rings. The average molecular weight is 529 g/mol. The number of ether oxygens (including phenoxy) is 4. The molecule has 0 aromatic carbocycles. The standard InChI is InChI=1S/C26H40O11/c1-6-14(4)18-8-7-15(5)24(37-26-23(33)22(32)19(12-27)35-26)25(36-20(30)9-13(2)3)17(29)10-16(28)11-21(31)34-18/h6-7,13,16,18-19,22-28,32-33H,8-12H2,1-5H3/b14-6-,15-7+/t16-,18-,19-,22-,23+,24-,25-,26-/m1/s1. The number of carbonyl (C=O) groups excluding carboxylic acids is 3. The van der Waals surface area contributed by atoms with Gasteiger partial charge in [-0.1, -0.05) is 26.0 Å². The van der Waals surface area contributed by atoms with Gasteiger partial charge in [-0.25, -0.2) is 0 Å². The molecule has 0 saturated carbocycles. The Bertz CT molecular complexity index is 865. The highest BCUT2D eigenvalue weighted by atomic mass is 16.7. The molecule has 1 fully saturated rings. The summed E-state index contributed by atoms with van der Waals surface area (Å²) >= 11 is 0. The van der Waals surface area contributed by atoms with E-state index in [1.54, 1.807) is 46.8 Å². The molecule has 11 heteroatoms. The van der Waals surface area contributed by atoms with Crippen molar-refractivity contribution in [3.63, 3.8) is 0 Å². The Morgan fingerprint density at radius 3 is 2.41 bits per heavy atom. The Labute approximate surface area is 217 Å². The van der Waals surface area contributed by atoms with Crippen molar-refractivity contribution in [2.75, 3.05) is 6.61 Å². The van der Waals surface area contributed by atoms with Gasteiger partial charge in [0.05, 0.1) is 19.1 Å². The van der Waals surface area contributed by atoms with E-state index in [0.29, 0.717) is 5.57 Å². The number of Topliss-reactive ketones (excluding diaryl/α,β-unsaturated/α-hetero) is 1. The quantitative estimate of drug-likeness (QED) is 0.271. The SMILES string of the molecule is C/C=C(/C)[C@H]1C/C=C(\C)[C@@H](O[C@H]2O[C@H](CO)[C@@H](O)[C@@H]2O)[C@H](OC(=O)CC(C)C)C(=O)C[C@@H](O)CC(=O)O1. The highest BCUT2D eigenvalue weighted by Crippen LogP contribution is 2.29. The Balaban J connectivity index is 2.50. The summed E-state index contributed by atoms with van der Waals surface area (Å²) in [7, 11) is 0. The number of aliphatic hydroxyl groups is 4. The van der Waals surface area contributed by atoms with E-state index in [4.69, 9.17) is 18.9 Å². The van der Waals surface area contributed by atoms with Crippen LogP contribution >= 0.6 is 0 Å². The molecule has 2 heterocycles. The minimum absolute atomic E-state index is 0.0184. The minimum atomic E-state index is -1.54. The Morgan fingerprint density at radius 2 is 1.84 bits per heavy atom. The largest absolute Gasteiger partial charge is 0.457 e. The molecular formula is C26H40O11. The van der Waals surface area contributed by atoms with Gasteiger partial charge in [0.1, 0.15) is 30.5 Å². The molecule has 37 heavy (non-hydrogen) atoms. The normalized spacial score (nSPS) is 35.8. The highest BCUT2D eigenvalue weighted by molar-refractivity contribution is 5.87. The molecule has 2 aliphatic heterocycles. The third-order valence-corrected chi connectivity index (χ3v) is 6.38. The van der Waals surface area contributed by atoms with E-state index in [1.165, 1.54) is 0 Å². The molecule has 1 saturated heterocycles. The van der Waals surface area contributed by atoms with Gasteiger partial charge in [-0.3, -0.25) is 14.4 Å². The van der Waals surface area contributed by atoms with Crippen molar-refractivity contribution in [2.45, 2.75) is 109 Å². The van der Waals surface area contributed by atoms with E-state index < -0.39 is 86.2 Å². The van der Waals surface area contributed by atoms with Gasteiger partial charge in [-0.05, 0) is 37.8 Å². The van der Waals surface area contributed by atoms with Crippen molar-refractivity contribution in [2.24, 2.45) is 5.92 Å². The summed E-state index contributed by atoms with van der Waals surface area (Å²) in [5.41, 5.74) is 1.18. The average Bonchev–Trinajstić information content (AvgIpc) is 3.09. The van der Waals surface area contributed by atoms with Crippen LogP contribution in [0, 0.1) is 5.92 Å². The molecule has 4 N–H and O–H groups in total. The Morgan fingerprint density at radius 1 is 1.16 bits per heavy atom. The lowest BCUT2D eigenvalue weighted by Crippen LogP contribution is -2.46. The van der Waals surface area contributed by atoms with E-state index >= 15 is 0 Å². The monoisotopic (exact) mass is 528 g/mol. The second-order valence-electron chi connectivity index (χ2n) is 10.00. The number of carbonyl (C=O) groups is 3. The van der Waals surface area contributed by atoms with Gasteiger partial charge in [0.2, 0.25) is 0 Å². The van der Waals surface area contributed by atoms with E-state index in [9.17, 15) is 34.8 Å². The topological polar surface area (TPSA) is 169 Å². The first-order chi connectivity index (χ1) is 17.4. The number of ketones is 1. The molecule has 2 rings (SSSR count). The zero-order valence-corrected chi connectivity index (χ0v) is 22.0. The molecule has 0 aliphatic carbocycles. The predicted octanol–water partition coefficient (Wildman–Crippen LogP) is 0.707. The lowest BCUT2D eigenvalue weighted by Gasteiger charge is -2.31. The van der Waals surface area contributed by atoms with Crippen LogP contribution in [0.15, 0.2) is 23.3 Å². The minimum Gasteiger partial charge on any atom is -0.457 e. The summed E-state index contributed by atoms with van der Waals surface area (Å²) in [6, 6.07) is 0. The van der Waals surface area contributed by atoms with Crippen molar-refractivity contribution in [3.8, 4) is 0 Å². The molecule has 0 spiro atoms.